The molecule has 1 aromatic rings. The highest BCUT2D eigenvalue weighted by Gasteiger charge is 2.20. The molecule has 1 saturated carbocycles. The largest absolute Gasteiger partial charge is 0.383 e. The Morgan fingerprint density at radius 1 is 1.37 bits per heavy atom. The fourth-order valence-electron chi connectivity index (χ4n) is 2.78. The van der Waals surface area contributed by atoms with Crippen LogP contribution in [0, 0.1) is 12.8 Å². The van der Waals surface area contributed by atoms with Gasteiger partial charge in [-0.25, -0.2) is 0 Å². The number of aromatic nitrogens is 2. The van der Waals surface area contributed by atoms with Crippen molar-refractivity contribution in [2.45, 2.75) is 52.1 Å². The summed E-state index contributed by atoms with van der Waals surface area (Å²) in [5, 5.41) is 8.09. The number of rotatable bonds is 6. The molecular formula is C15H27N3O. The third-order valence-corrected chi connectivity index (χ3v) is 4.18. The van der Waals surface area contributed by atoms with Gasteiger partial charge in [-0.05, 0) is 38.5 Å². The van der Waals surface area contributed by atoms with Gasteiger partial charge in [0.1, 0.15) is 0 Å². The van der Waals surface area contributed by atoms with Crippen molar-refractivity contribution in [1.29, 1.82) is 0 Å². The Morgan fingerprint density at radius 3 is 2.79 bits per heavy atom. The highest BCUT2D eigenvalue weighted by atomic mass is 16.5. The molecule has 1 fully saturated rings. The second-order valence-corrected chi connectivity index (χ2v) is 5.80. The minimum atomic E-state index is 0.614. The highest BCUT2D eigenvalue weighted by molar-refractivity contribution is 5.15. The molecule has 0 unspecified atom stereocenters. The third kappa shape index (κ3) is 4.05. The maximum Gasteiger partial charge on any atom is 0.0638 e. The van der Waals surface area contributed by atoms with E-state index in [1.807, 2.05) is 0 Å². The summed E-state index contributed by atoms with van der Waals surface area (Å²) in [7, 11) is 1.73. The van der Waals surface area contributed by atoms with E-state index in [-0.39, 0.29) is 0 Å². The topological polar surface area (TPSA) is 39.1 Å². The van der Waals surface area contributed by atoms with Gasteiger partial charge in [0, 0.05) is 32.0 Å². The van der Waals surface area contributed by atoms with Gasteiger partial charge in [0.2, 0.25) is 0 Å². The van der Waals surface area contributed by atoms with E-state index < -0.39 is 0 Å². The van der Waals surface area contributed by atoms with Gasteiger partial charge in [-0.15, -0.1) is 0 Å². The summed E-state index contributed by atoms with van der Waals surface area (Å²) in [4.78, 5) is 0. The molecule has 1 aliphatic rings. The van der Waals surface area contributed by atoms with Gasteiger partial charge in [-0.1, -0.05) is 6.92 Å². The van der Waals surface area contributed by atoms with E-state index in [1.165, 1.54) is 31.2 Å². The van der Waals surface area contributed by atoms with Crippen molar-refractivity contribution in [1.82, 2.24) is 15.1 Å². The third-order valence-electron chi connectivity index (χ3n) is 4.18. The van der Waals surface area contributed by atoms with Gasteiger partial charge in [0.15, 0.2) is 0 Å². The summed E-state index contributed by atoms with van der Waals surface area (Å²) in [6.45, 7) is 7.00. The Balaban J connectivity index is 1.89. The zero-order chi connectivity index (χ0) is 13.7. The van der Waals surface area contributed by atoms with Crippen LogP contribution >= 0.6 is 0 Å². The van der Waals surface area contributed by atoms with Crippen LogP contribution in [-0.4, -0.2) is 30.0 Å². The van der Waals surface area contributed by atoms with Crippen LogP contribution in [0.5, 0.6) is 0 Å². The normalized spacial score (nSPS) is 23.7. The predicted molar refractivity (Wildman–Crippen MR) is 77.2 cm³/mol. The van der Waals surface area contributed by atoms with Gasteiger partial charge < -0.3 is 10.1 Å². The lowest BCUT2D eigenvalue weighted by atomic mass is 9.87. The lowest BCUT2D eigenvalue weighted by Gasteiger charge is -2.26. The molecule has 0 amide bonds. The van der Waals surface area contributed by atoms with Crippen LogP contribution in [0.25, 0.3) is 0 Å². The van der Waals surface area contributed by atoms with Crippen molar-refractivity contribution < 1.29 is 4.74 Å². The molecule has 0 saturated heterocycles. The van der Waals surface area contributed by atoms with Crippen molar-refractivity contribution in [3.05, 3.63) is 17.5 Å². The van der Waals surface area contributed by atoms with Gasteiger partial charge in [0.25, 0.3) is 0 Å². The quantitative estimate of drug-likeness (QED) is 0.804. The lowest BCUT2D eigenvalue weighted by molar-refractivity contribution is 0.199. The second-order valence-electron chi connectivity index (χ2n) is 5.80. The van der Waals surface area contributed by atoms with Crippen molar-refractivity contribution in [3.63, 3.8) is 0 Å². The molecular weight excluding hydrogens is 238 g/mol. The average Bonchev–Trinajstić information content (AvgIpc) is 2.77. The van der Waals surface area contributed by atoms with Gasteiger partial charge in [-0.2, -0.15) is 5.10 Å². The first-order valence-corrected chi connectivity index (χ1v) is 7.45. The van der Waals surface area contributed by atoms with E-state index in [2.05, 4.69) is 30.0 Å². The molecule has 1 aliphatic carbocycles. The molecule has 1 heterocycles. The molecule has 0 bridgehead atoms. The monoisotopic (exact) mass is 265 g/mol. The number of nitrogens with zero attached hydrogens (tertiary/aromatic N) is 2. The van der Waals surface area contributed by atoms with Gasteiger partial charge in [-0.3, -0.25) is 4.68 Å². The minimum absolute atomic E-state index is 0.614. The molecule has 0 atom stereocenters. The molecule has 19 heavy (non-hydrogen) atoms. The fourth-order valence-corrected chi connectivity index (χ4v) is 2.78. The van der Waals surface area contributed by atoms with Crippen LogP contribution in [-0.2, 0) is 11.3 Å². The zero-order valence-corrected chi connectivity index (χ0v) is 12.5. The molecule has 4 nitrogen and oxygen atoms in total. The number of aryl methyl sites for hydroxylation is 1. The minimum Gasteiger partial charge on any atom is -0.383 e. The fraction of sp³-hybridized carbons (Fsp3) is 0.800. The average molecular weight is 265 g/mol. The van der Waals surface area contributed by atoms with E-state index in [4.69, 9.17) is 9.84 Å². The molecule has 2 rings (SSSR count). The highest BCUT2D eigenvalue weighted by Crippen LogP contribution is 2.31. The van der Waals surface area contributed by atoms with Crippen molar-refractivity contribution in [2.24, 2.45) is 5.92 Å². The van der Waals surface area contributed by atoms with E-state index in [0.717, 1.165) is 31.3 Å². The molecule has 0 spiro atoms. The zero-order valence-electron chi connectivity index (χ0n) is 12.5. The molecule has 4 heteroatoms. The molecule has 1 aromatic heterocycles. The standard InChI is InChI=1S/C15H27N3O/c1-12-4-6-15(7-5-12)18-11-14(13(2)17-18)10-16-8-9-19-3/h11-12,15-16H,4-10H2,1-3H3. The van der Waals surface area contributed by atoms with E-state index >= 15 is 0 Å². The van der Waals surface area contributed by atoms with E-state index in [1.54, 1.807) is 7.11 Å². The molecule has 0 aliphatic heterocycles. The van der Waals surface area contributed by atoms with E-state index in [0.29, 0.717) is 6.04 Å². The van der Waals surface area contributed by atoms with Crippen molar-refractivity contribution in [3.8, 4) is 0 Å². The Labute approximate surface area is 116 Å². The first kappa shape index (κ1) is 14.5. The van der Waals surface area contributed by atoms with Crippen LogP contribution < -0.4 is 5.32 Å². The predicted octanol–water partition coefficient (Wildman–Crippen LogP) is 2.68. The van der Waals surface area contributed by atoms with Gasteiger partial charge in [0.05, 0.1) is 18.3 Å². The molecule has 108 valence electrons. The van der Waals surface area contributed by atoms with Crippen molar-refractivity contribution in [2.75, 3.05) is 20.3 Å². The summed E-state index contributed by atoms with van der Waals surface area (Å²) < 4.78 is 7.24. The summed E-state index contributed by atoms with van der Waals surface area (Å²) in [5.74, 6) is 0.892. The Morgan fingerprint density at radius 2 is 2.11 bits per heavy atom. The number of ether oxygens (including phenoxy) is 1. The molecule has 0 radical (unpaired) electrons. The van der Waals surface area contributed by atoms with Crippen LogP contribution in [0.3, 0.4) is 0 Å². The van der Waals surface area contributed by atoms with E-state index in [9.17, 15) is 0 Å². The maximum absolute atomic E-state index is 5.04. The summed E-state index contributed by atoms with van der Waals surface area (Å²) in [5.41, 5.74) is 2.47. The SMILES string of the molecule is COCCNCc1cn(C2CCC(C)CC2)nc1C. The number of hydrogen-bond acceptors (Lipinski definition) is 3. The number of nitrogens with one attached hydrogen (secondary N) is 1. The summed E-state index contributed by atoms with van der Waals surface area (Å²) in [6.07, 6.45) is 7.46. The summed E-state index contributed by atoms with van der Waals surface area (Å²) >= 11 is 0. The second kappa shape index (κ2) is 7.06. The number of hydrogen-bond donors (Lipinski definition) is 1. The van der Waals surface area contributed by atoms with Crippen LogP contribution in [0.1, 0.15) is 49.9 Å². The molecule has 1 N–H and O–H groups in total. The Bertz CT molecular complexity index is 381. The van der Waals surface area contributed by atoms with Crippen molar-refractivity contribution >= 4 is 0 Å². The Kier molecular flexibility index (Phi) is 5.40. The maximum atomic E-state index is 5.04. The first-order valence-electron chi connectivity index (χ1n) is 7.45. The van der Waals surface area contributed by atoms with Gasteiger partial charge >= 0.3 is 0 Å². The van der Waals surface area contributed by atoms with Crippen LogP contribution in [0.15, 0.2) is 6.20 Å². The smallest absolute Gasteiger partial charge is 0.0638 e. The summed E-state index contributed by atoms with van der Waals surface area (Å²) in [6, 6.07) is 0.614. The number of methoxy groups -OCH3 is 1. The first-order chi connectivity index (χ1) is 9.20. The van der Waals surface area contributed by atoms with Crippen LogP contribution in [0.2, 0.25) is 0 Å². The lowest BCUT2D eigenvalue weighted by Crippen LogP contribution is -2.19. The van der Waals surface area contributed by atoms with Crippen LogP contribution in [0.4, 0.5) is 0 Å². The molecule has 0 aromatic carbocycles. The Hall–Kier alpha value is -0.870.